The molecule has 0 aromatic heterocycles. The van der Waals surface area contributed by atoms with Gasteiger partial charge in [0.15, 0.2) is 6.10 Å². The maximum absolute atomic E-state index is 12.5. The lowest BCUT2D eigenvalue weighted by molar-refractivity contribution is -0.139. The zero-order valence-corrected chi connectivity index (χ0v) is 14.4. The Hall–Kier alpha value is -1.20. The average molecular weight is 322 g/mol. The van der Waals surface area contributed by atoms with Gasteiger partial charge in [-0.15, -0.1) is 11.8 Å². The van der Waals surface area contributed by atoms with Gasteiger partial charge >= 0.3 is 0 Å². The number of rotatable bonds is 5. The Bertz CT molecular complexity index is 490. The summed E-state index contributed by atoms with van der Waals surface area (Å²) in [6.07, 6.45) is 3.69. The molecule has 3 atom stereocenters. The van der Waals surface area contributed by atoms with Gasteiger partial charge in [-0.1, -0.05) is 0 Å². The summed E-state index contributed by atoms with van der Waals surface area (Å²) in [7, 11) is 0. The molecule has 1 saturated heterocycles. The van der Waals surface area contributed by atoms with E-state index in [2.05, 4.69) is 0 Å². The van der Waals surface area contributed by atoms with Crippen molar-refractivity contribution in [3.05, 3.63) is 24.3 Å². The van der Waals surface area contributed by atoms with Crippen LogP contribution in [0.25, 0.3) is 0 Å². The molecule has 122 valence electrons. The van der Waals surface area contributed by atoms with Crippen LogP contribution in [0, 0.1) is 5.92 Å². The Morgan fingerprint density at radius 3 is 2.64 bits per heavy atom. The molecule has 2 N–H and O–H groups in total. The van der Waals surface area contributed by atoms with Crippen LogP contribution in [0.3, 0.4) is 0 Å². The minimum Gasteiger partial charge on any atom is -0.481 e. The Kier molecular flexibility index (Phi) is 6.15. The highest BCUT2D eigenvalue weighted by Gasteiger charge is 2.29. The number of hydrogen-bond acceptors (Lipinski definition) is 4. The van der Waals surface area contributed by atoms with Crippen molar-refractivity contribution >= 4 is 17.7 Å². The van der Waals surface area contributed by atoms with Crippen LogP contribution in [0.4, 0.5) is 0 Å². The summed E-state index contributed by atoms with van der Waals surface area (Å²) in [5.74, 6) is 1.18. The van der Waals surface area contributed by atoms with Gasteiger partial charge in [-0.05, 0) is 63.1 Å². The summed E-state index contributed by atoms with van der Waals surface area (Å²) in [6, 6.07) is 7.97. The number of thioether (sulfide) groups is 1. The van der Waals surface area contributed by atoms with E-state index in [-0.39, 0.29) is 11.9 Å². The zero-order valence-electron chi connectivity index (χ0n) is 13.6. The van der Waals surface area contributed by atoms with Gasteiger partial charge in [0.25, 0.3) is 5.91 Å². The molecule has 3 unspecified atom stereocenters. The summed E-state index contributed by atoms with van der Waals surface area (Å²) >= 11 is 1.69. The third-order valence-corrected chi connectivity index (χ3v) is 4.98. The lowest BCUT2D eigenvalue weighted by Gasteiger charge is -2.35. The summed E-state index contributed by atoms with van der Waals surface area (Å²) < 4.78 is 5.79. The van der Waals surface area contributed by atoms with E-state index >= 15 is 0 Å². The number of carbonyl (C=O) groups excluding carboxylic acids is 1. The van der Waals surface area contributed by atoms with Gasteiger partial charge in [0, 0.05) is 24.0 Å². The van der Waals surface area contributed by atoms with Crippen molar-refractivity contribution in [1.29, 1.82) is 0 Å². The molecule has 0 bridgehead atoms. The molecule has 1 aromatic rings. The number of benzene rings is 1. The number of amides is 1. The standard InChI is InChI=1S/C17H26N2O2S/c1-12(18)14-5-4-10-19(11-14)17(20)13(2)21-15-6-8-16(22-3)9-7-15/h6-9,12-14H,4-5,10-11,18H2,1-3H3. The van der Waals surface area contributed by atoms with Crippen molar-refractivity contribution in [1.82, 2.24) is 4.90 Å². The maximum atomic E-state index is 12.5. The van der Waals surface area contributed by atoms with E-state index in [1.807, 2.05) is 49.3 Å². The highest BCUT2D eigenvalue weighted by molar-refractivity contribution is 7.98. The van der Waals surface area contributed by atoms with Gasteiger partial charge in [-0.2, -0.15) is 0 Å². The Labute approximate surface area is 137 Å². The molecule has 0 aliphatic carbocycles. The predicted molar refractivity (Wildman–Crippen MR) is 91.3 cm³/mol. The molecule has 1 heterocycles. The second-order valence-electron chi connectivity index (χ2n) is 5.98. The first-order valence-corrected chi connectivity index (χ1v) is 9.09. The second-order valence-corrected chi connectivity index (χ2v) is 6.86. The highest BCUT2D eigenvalue weighted by atomic mass is 32.2. The van der Waals surface area contributed by atoms with Gasteiger partial charge in [-0.25, -0.2) is 0 Å². The Balaban J connectivity index is 1.93. The van der Waals surface area contributed by atoms with Crippen LogP contribution in [0.5, 0.6) is 5.75 Å². The molecular weight excluding hydrogens is 296 g/mol. The Morgan fingerprint density at radius 2 is 2.05 bits per heavy atom. The molecule has 1 aromatic carbocycles. The number of nitrogens with zero attached hydrogens (tertiary/aromatic N) is 1. The van der Waals surface area contributed by atoms with Crippen LogP contribution in [0.1, 0.15) is 26.7 Å². The van der Waals surface area contributed by atoms with E-state index in [9.17, 15) is 4.79 Å². The Morgan fingerprint density at radius 1 is 1.36 bits per heavy atom. The van der Waals surface area contributed by atoms with Crippen molar-refractivity contribution in [2.45, 2.75) is 43.7 Å². The topological polar surface area (TPSA) is 55.6 Å². The fourth-order valence-electron chi connectivity index (χ4n) is 2.81. The molecule has 1 aliphatic heterocycles. The van der Waals surface area contributed by atoms with Crippen molar-refractivity contribution in [3.63, 3.8) is 0 Å². The van der Waals surface area contributed by atoms with E-state index < -0.39 is 6.10 Å². The van der Waals surface area contributed by atoms with Crippen LogP contribution in [-0.4, -0.2) is 42.3 Å². The lowest BCUT2D eigenvalue weighted by Crippen LogP contribution is -2.48. The quantitative estimate of drug-likeness (QED) is 0.847. The fraction of sp³-hybridized carbons (Fsp3) is 0.588. The summed E-state index contributed by atoms with van der Waals surface area (Å²) in [5.41, 5.74) is 5.99. The van der Waals surface area contributed by atoms with Crippen molar-refractivity contribution in [2.24, 2.45) is 11.7 Å². The smallest absolute Gasteiger partial charge is 0.263 e. The average Bonchev–Trinajstić information content (AvgIpc) is 2.54. The number of likely N-dealkylation sites (tertiary alicyclic amines) is 1. The molecule has 0 spiro atoms. The van der Waals surface area contributed by atoms with Gasteiger partial charge < -0.3 is 15.4 Å². The monoisotopic (exact) mass is 322 g/mol. The van der Waals surface area contributed by atoms with E-state index in [0.717, 1.165) is 31.7 Å². The minimum atomic E-state index is -0.466. The normalized spacial score (nSPS) is 21.3. The first kappa shape index (κ1) is 17.2. The van der Waals surface area contributed by atoms with Crippen molar-refractivity contribution in [2.75, 3.05) is 19.3 Å². The zero-order chi connectivity index (χ0) is 16.1. The molecule has 1 aliphatic rings. The molecular formula is C17H26N2O2S. The summed E-state index contributed by atoms with van der Waals surface area (Å²) in [5, 5.41) is 0. The minimum absolute atomic E-state index is 0.0549. The lowest BCUT2D eigenvalue weighted by atomic mass is 9.92. The molecule has 2 rings (SSSR count). The number of carbonyl (C=O) groups is 1. The first-order chi connectivity index (χ1) is 10.5. The molecule has 0 radical (unpaired) electrons. The second kappa shape index (κ2) is 7.88. The van der Waals surface area contributed by atoms with Crippen molar-refractivity contribution < 1.29 is 9.53 Å². The van der Waals surface area contributed by atoms with Crippen LogP contribution in [0.2, 0.25) is 0 Å². The number of ether oxygens (including phenoxy) is 1. The van der Waals surface area contributed by atoms with Crippen molar-refractivity contribution in [3.8, 4) is 5.75 Å². The summed E-state index contributed by atoms with van der Waals surface area (Å²) in [4.78, 5) is 15.6. The van der Waals surface area contributed by atoms with Crippen LogP contribution in [-0.2, 0) is 4.79 Å². The van der Waals surface area contributed by atoms with E-state index in [1.165, 1.54) is 4.90 Å². The van der Waals surface area contributed by atoms with Gasteiger partial charge in [-0.3, -0.25) is 4.79 Å². The van der Waals surface area contributed by atoms with Crippen LogP contribution in [0.15, 0.2) is 29.2 Å². The van der Waals surface area contributed by atoms with Gasteiger partial charge in [0.05, 0.1) is 0 Å². The molecule has 1 amide bonds. The number of hydrogen-bond donors (Lipinski definition) is 1. The largest absolute Gasteiger partial charge is 0.481 e. The van der Waals surface area contributed by atoms with Crippen LogP contribution < -0.4 is 10.5 Å². The number of piperidine rings is 1. The SMILES string of the molecule is CSc1ccc(OC(C)C(=O)N2CCCC(C(C)N)C2)cc1. The fourth-order valence-corrected chi connectivity index (χ4v) is 3.21. The van der Waals surface area contributed by atoms with E-state index in [4.69, 9.17) is 10.5 Å². The molecule has 5 heteroatoms. The predicted octanol–water partition coefficient (Wildman–Crippen LogP) is 2.76. The number of nitrogens with two attached hydrogens (primary N) is 1. The third-order valence-electron chi connectivity index (χ3n) is 4.23. The molecule has 4 nitrogen and oxygen atoms in total. The van der Waals surface area contributed by atoms with E-state index in [0.29, 0.717) is 5.92 Å². The first-order valence-electron chi connectivity index (χ1n) is 7.86. The van der Waals surface area contributed by atoms with Crippen LogP contribution >= 0.6 is 11.8 Å². The third kappa shape index (κ3) is 4.40. The highest BCUT2D eigenvalue weighted by Crippen LogP contribution is 2.22. The van der Waals surface area contributed by atoms with Gasteiger partial charge in [0.2, 0.25) is 0 Å². The molecule has 22 heavy (non-hydrogen) atoms. The molecule has 0 saturated carbocycles. The summed E-state index contributed by atoms with van der Waals surface area (Å²) in [6.45, 7) is 5.39. The van der Waals surface area contributed by atoms with E-state index in [1.54, 1.807) is 11.8 Å². The van der Waals surface area contributed by atoms with Gasteiger partial charge in [0.1, 0.15) is 5.75 Å². The molecule has 1 fully saturated rings. The maximum Gasteiger partial charge on any atom is 0.263 e.